The van der Waals surface area contributed by atoms with Gasteiger partial charge in [0.1, 0.15) is 6.07 Å². The fourth-order valence-electron chi connectivity index (χ4n) is 1.27. The van der Waals surface area contributed by atoms with E-state index in [1.807, 2.05) is 25.1 Å². The van der Waals surface area contributed by atoms with Crippen LogP contribution in [0.2, 0.25) is 0 Å². The van der Waals surface area contributed by atoms with Crippen LogP contribution < -0.4 is 5.32 Å². The minimum atomic E-state index is 0.728. The summed E-state index contributed by atoms with van der Waals surface area (Å²) in [7, 11) is 0. The van der Waals surface area contributed by atoms with Crippen molar-refractivity contribution in [3.05, 3.63) is 29.3 Å². The number of rotatable bonds is 4. The van der Waals surface area contributed by atoms with Crippen LogP contribution >= 0.6 is 11.8 Å². The summed E-state index contributed by atoms with van der Waals surface area (Å²) in [5.74, 6) is 1.05. The summed E-state index contributed by atoms with van der Waals surface area (Å²) < 4.78 is 0. The number of aryl methyl sites for hydroxylation is 1. The van der Waals surface area contributed by atoms with Gasteiger partial charge >= 0.3 is 0 Å². The molecule has 0 unspecified atom stereocenters. The summed E-state index contributed by atoms with van der Waals surface area (Å²) in [4.78, 5) is 0. The first-order chi connectivity index (χ1) is 6.79. The molecule has 1 aromatic rings. The van der Waals surface area contributed by atoms with E-state index >= 15 is 0 Å². The minimum absolute atomic E-state index is 0.728. The molecule has 0 heterocycles. The molecule has 0 aliphatic carbocycles. The molecule has 0 radical (unpaired) electrons. The van der Waals surface area contributed by atoms with Gasteiger partial charge in [-0.05, 0) is 24.8 Å². The van der Waals surface area contributed by atoms with E-state index in [2.05, 4.69) is 17.6 Å². The number of nitrogens with one attached hydrogen (secondary N) is 1. The van der Waals surface area contributed by atoms with Crippen molar-refractivity contribution in [2.45, 2.75) is 6.92 Å². The van der Waals surface area contributed by atoms with Gasteiger partial charge in [0.25, 0.3) is 0 Å². The van der Waals surface area contributed by atoms with E-state index in [1.54, 1.807) is 11.8 Å². The van der Waals surface area contributed by atoms with Gasteiger partial charge in [-0.2, -0.15) is 17.0 Å². The normalized spacial score (nSPS) is 9.50. The monoisotopic (exact) mass is 206 g/mol. The van der Waals surface area contributed by atoms with Gasteiger partial charge in [0, 0.05) is 12.3 Å². The highest BCUT2D eigenvalue weighted by Gasteiger charge is 2.02. The molecule has 0 aliphatic rings. The van der Waals surface area contributed by atoms with Crippen LogP contribution in [0.25, 0.3) is 0 Å². The molecule has 1 N–H and O–H groups in total. The number of hydrogen-bond donors (Lipinski definition) is 1. The Kier molecular flexibility index (Phi) is 4.34. The number of anilines is 1. The zero-order valence-electron chi connectivity index (χ0n) is 8.50. The Hall–Kier alpha value is -1.14. The van der Waals surface area contributed by atoms with Crippen molar-refractivity contribution in [1.82, 2.24) is 0 Å². The standard InChI is InChI=1S/C11H14N2S/c1-9-4-3-5-10(8-12)11(9)13-6-7-14-2/h3-5,13H,6-7H2,1-2H3. The van der Waals surface area contributed by atoms with Crippen LogP contribution in [0.1, 0.15) is 11.1 Å². The molecule has 1 rings (SSSR count). The summed E-state index contributed by atoms with van der Waals surface area (Å²) in [5.41, 5.74) is 2.83. The summed E-state index contributed by atoms with van der Waals surface area (Å²) >= 11 is 1.79. The molecular formula is C11H14N2S. The van der Waals surface area contributed by atoms with Crippen molar-refractivity contribution in [2.24, 2.45) is 0 Å². The molecule has 14 heavy (non-hydrogen) atoms. The van der Waals surface area contributed by atoms with Crippen LogP contribution in [0.5, 0.6) is 0 Å². The molecule has 0 aliphatic heterocycles. The molecule has 0 saturated carbocycles. The third kappa shape index (κ3) is 2.68. The van der Waals surface area contributed by atoms with Crippen molar-refractivity contribution < 1.29 is 0 Å². The highest BCUT2D eigenvalue weighted by atomic mass is 32.2. The fourth-order valence-corrected chi connectivity index (χ4v) is 1.58. The van der Waals surface area contributed by atoms with E-state index in [1.165, 1.54) is 0 Å². The summed E-state index contributed by atoms with van der Waals surface area (Å²) in [6, 6.07) is 7.96. The van der Waals surface area contributed by atoms with Crippen LogP contribution in [0, 0.1) is 18.3 Å². The van der Waals surface area contributed by atoms with Crippen molar-refractivity contribution in [3.63, 3.8) is 0 Å². The highest BCUT2D eigenvalue weighted by molar-refractivity contribution is 7.98. The Labute approximate surface area is 89.3 Å². The van der Waals surface area contributed by atoms with E-state index in [0.717, 1.165) is 29.1 Å². The molecule has 0 aromatic heterocycles. The predicted octanol–water partition coefficient (Wildman–Crippen LogP) is 2.64. The maximum Gasteiger partial charge on any atom is 0.101 e. The summed E-state index contributed by atoms with van der Waals surface area (Å²) in [6.07, 6.45) is 2.07. The van der Waals surface area contributed by atoms with Gasteiger partial charge < -0.3 is 5.32 Å². The van der Waals surface area contributed by atoms with E-state index in [0.29, 0.717) is 0 Å². The van der Waals surface area contributed by atoms with E-state index < -0.39 is 0 Å². The Morgan fingerprint density at radius 1 is 1.50 bits per heavy atom. The Morgan fingerprint density at radius 2 is 2.29 bits per heavy atom. The molecule has 0 saturated heterocycles. The molecule has 3 heteroatoms. The molecule has 0 atom stereocenters. The maximum absolute atomic E-state index is 8.90. The Bertz CT molecular complexity index is 342. The van der Waals surface area contributed by atoms with Crippen molar-refractivity contribution in [3.8, 4) is 6.07 Å². The predicted molar refractivity (Wildman–Crippen MR) is 62.8 cm³/mol. The van der Waals surface area contributed by atoms with Crippen LogP contribution in [0.3, 0.4) is 0 Å². The lowest BCUT2D eigenvalue weighted by Crippen LogP contribution is -2.06. The molecule has 0 amide bonds. The number of nitrogens with zero attached hydrogens (tertiary/aromatic N) is 1. The first-order valence-corrected chi connectivity index (χ1v) is 5.91. The fraction of sp³-hybridized carbons (Fsp3) is 0.364. The lowest BCUT2D eigenvalue weighted by molar-refractivity contribution is 1.21. The molecule has 0 spiro atoms. The van der Waals surface area contributed by atoms with E-state index in [9.17, 15) is 0 Å². The molecule has 0 fully saturated rings. The van der Waals surface area contributed by atoms with Gasteiger partial charge in [-0.1, -0.05) is 12.1 Å². The average Bonchev–Trinajstić information content (AvgIpc) is 2.20. The maximum atomic E-state index is 8.90. The molecule has 2 nitrogen and oxygen atoms in total. The topological polar surface area (TPSA) is 35.8 Å². The third-order valence-corrected chi connectivity index (χ3v) is 2.61. The summed E-state index contributed by atoms with van der Waals surface area (Å²) in [5, 5.41) is 12.2. The molecule has 74 valence electrons. The van der Waals surface area contributed by atoms with Crippen LogP contribution in [0.15, 0.2) is 18.2 Å². The van der Waals surface area contributed by atoms with Gasteiger partial charge in [0.2, 0.25) is 0 Å². The quantitative estimate of drug-likeness (QED) is 0.769. The zero-order valence-corrected chi connectivity index (χ0v) is 9.32. The first-order valence-electron chi connectivity index (χ1n) is 4.52. The largest absolute Gasteiger partial charge is 0.383 e. The van der Waals surface area contributed by atoms with Gasteiger partial charge in [0.15, 0.2) is 0 Å². The van der Waals surface area contributed by atoms with Crippen LogP contribution in [0.4, 0.5) is 5.69 Å². The van der Waals surface area contributed by atoms with Crippen molar-refractivity contribution in [2.75, 3.05) is 23.9 Å². The second kappa shape index (κ2) is 5.56. The zero-order chi connectivity index (χ0) is 10.4. The van der Waals surface area contributed by atoms with E-state index in [-0.39, 0.29) is 0 Å². The number of benzene rings is 1. The lowest BCUT2D eigenvalue weighted by atomic mass is 10.1. The number of para-hydroxylation sites is 1. The van der Waals surface area contributed by atoms with Crippen LogP contribution in [-0.4, -0.2) is 18.6 Å². The van der Waals surface area contributed by atoms with Crippen LogP contribution in [-0.2, 0) is 0 Å². The first kappa shape index (κ1) is 10.9. The van der Waals surface area contributed by atoms with Gasteiger partial charge in [-0.3, -0.25) is 0 Å². The Balaban J connectivity index is 2.78. The highest BCUT2D eigenvalue weighted by Crippen LogP contribution is 2.19. The molecular weight excluding hydrogens is 192 g/mol. The Morgan fingerprint density at radius 3 is 2.93 bits per heavy atom. The van der Waals surface area contributed by atoms with Gasteiger partial charge in [0.05, 0.1) is 11.3 Å². The molecule has 0 bridgehead atoms. The smallest absolute Gasteiger partial charge is 0.101 e. The number of thioether (sulfide) groups is 1. The summed E-state index contributed by atoms with van der Waals surface area (Å²) in [6.45, 7) is 2.92. The number of hydrogen-bond acceptors (Lipinski definition) is 3. The number of nitriles is 1. The van der Waals surface area contributed by atoms with Gasteiger partial charge in [-0.25, -0.2) is 0 Å². The second-order valence-electron chi connectivity index (χ2n) is 3.03. The SMILES string of the molecule is CSCCNc1c(C)cccc1C#N. The van der Waals surface area contributed by atoms with Gasteiger partial charge in [-0.15, -0.1) is 0 Å². The third-order valence-electron chi connectivity index (χ3n) is 2.00. The van der Waals surface area contributed by atoms with Crippen molar-refractivity contribution in [1.29, 1.82) is 5.26 Å². The van der Waals surface area contributed by atoms with Crippen molar-refractivity contribution >= 4 is 17.4 Å². The molecule has 1 aromatic carbocycles. The van der Waals surface area contributed by atoms with E-state index in [4.69, 9.17) is 5.26 Å². The lowest BCUT2D eigenvalue weighted by Gasteiger charge is -2.10. The second-order valence-corrected chi connectivity index (χ2v) is 4.01. The minimum Gasteiger partial charge on any atom is -0.383 e. The average molecular weight is 206 g/mol.